The summed E-state index contributed by atoms with van der Waals surface area (Å²) in [6.07, 6.45) is -0.430. The Kier molecular flexibility index (Phi) is 12.1. The second-order valence-electron chi connectivity index (χ2n) is 4.94. The maximum atomic E-state index is 11.9. The van der Waals surface area contributed by atoms with Gasteiger partial charge in [0.25, 0.3) is 0 Å². The van der Waals surface area contributed by atoms with Gasteiger partial charge in [-0.2, -0.15) is 0 Å². The molecule has 0 aromatic rings. The normalized spacial score (nSPS) is 9.60. The number of carbonyl (C=O) groups is 3. The van der Waals surface area contributed by atoms with Gasteiger partial charge in [-0.15, -0.1) is 5.12 Å². The van der Waals surface area contributed by atoms with E-state index in [-0.39, 0.29) is 19.8 Å². The van der Waals surface area contributed by atoms with Gasteiger partial charge in [0.1, 0.15) is 0 Å². The van der Waals surface area contributed by atoms with Crippen LogP contribution in [-0.4, -0.2) is 55.3 Å². The molecule has 0 aromatic heterocycles. The average Bonchev–Trinajstić information content (AvgIpc) is 2.54. The molecule has 0 aromatic carbocycles. The van der Waals surface area contributed by atoms with Gasteiger partial charge in [-0.05, 0) is 33.1 Å². The molecule has 11 heteroatoms. The minimum Gasteiger partial charge on any atom is -0.448 e. The second kappa shape index (κ2) is 13.6. The molecule has 2 N–H and O–H groups in total. The maximum absolute atomic E-state index is 11.9. The van der Waals surface area contributed by atoms with Gasteiger partial charge in [-0.25, -0.2) is 35.0 Å². The quantitative estimate of drug-likeness (QED) is 0.221. The van der Waals surface area contributed by atoms with Crippen molar-refractivity contribution in [2.75, 3.05) is 19.8 Å². The average molecular weight is 360 g/mol. The summed E-state index contributed by atoms with van der Waals surface area (Å²) >= 11 is 0. The molecule has 0 fully saturated rings. The van der Waals surface area contributed by atoms with E-state index in [0.717, 1.165) is 0 Å². The Morgan fingerprint density at radius 1 is 1.08 bits per heavy atom. The lowest BCUT2D eigenvalue weighted by Gasteiger charge is -2.22. The Labute approximate surface area is 145 Å². The first kappa shape index (κ1) is 22.2. The molecule has 142 valence electrons. The molecular weight excluding hydrogens is 336 g/mol. The number of isocyanates is 1. The van der Waals surface area contributed by atoms with Crippen LogP contribution in [0.25, 0.3) is 0 Å². The fraction of sp³-hybridized carbons (Fsp3) is 0.714. The Morgan fingerprint density at radius 3 is 2.36 bits per heavy atom. The highest BCUT2D eigenvalue weighted by atomic mass is 16.6. The van der Waals surface area contributed by atoms with Crippen LogP contribution in [0.1, 0.15) is 40.0 Å². The summed E-state index contributed by atoms with van der Waals surface area (Å²) in [5.74, 6) is 0. The first-order valence-corrected chi connectivity index (χ1v) is 7.81. The molecule has 0 aliphatic heterocycles. The molecule has 0 bridgehead atoms. The highest BCUT2D eigenvalue weighted by molar-refractivity contribution is 5.77. The van der Waals surface area contributed by atoms with E-state index >= 15 is 0 Å². The largest absolute Gasteiger partial charge is 0.448 e. The van der Waals surface area contributed by atoms with E-state index in [9.17, 15) is 19.2 Å². The van der Waals surface area contributed by atoms with Crippen molar-refractivity contribution in [3.63, 3.8) is 0 Å². The number of hydrogen-bond donors (Lipinski definition) is 2. The molecule has 0 spiro atoms. The zero-order chi connectivity index (χ0) is 19.1. The number of nitrogens with zero attached hydrogens (tertiary/aromatic N) is 2. The van der Waals surface area contributed by atoms with E-state index in [1.54, 1.807) is 20.8 Å². The SMILES string of the molecule is CCCOC(=O)NN(NC(=O)OC(C)C)C(=O)OCCCCN=C=O. The van der Waals surface area contributed by atoms with Crippen LogP contribution in [0.4, 0.5) is 14.4 Å². The number of aliphatic imine (C=N–C) groups is 1. The van der Waals surface area contributed by atoms with Gasteiger partial charge in [0.2, 0.25) is 6.08 Å². The van der Waals surface area contributed by atoms with Crippen molar-refractivity contribution in [3.8, 4) is 0 Å². The fourth-order valence-corrected chi connectivity index (χ4v) is 1.33. The molecule has 0 unspecified atom stereocenters. The number of amides is 3. The van der Waals surface area contributed by atoms with Gasteiger partial charge in [0.05, 0.1) is 25.9 Å². The van der Waals surface area contributed by atoms with E-state index in [1.807, 2.05) is 10.9 Å². The summed E-state index contributed by atoms with van der Waals surface area (Å²) in [4.78, 5) is 48.3. The smallest absolute Gasteiger partial charge is 0.448 e. The molecular formula is C14H24N4O7. The van der Waals surface area contributed by atoms with Gasteiger partial charge in [0.15, 0.2) is 0 Å². The number of rotatable bonds is 8. The van der Waals surface area contributed by atoms with E-state index < -0.39 is 24.4 Å². The van der Waals surface area contributed by atoms with E-state index in [0.29, 0.717) is 24.4 Å². The predicted octanol–water partition coefficient (Wildman–Crippen LogP) is 1.64. The van der Waals surface area contributed by atoms with Gasteiger partial charge >= 0.3 is 18.3 Å². The summed E-state index contributed by atoms with van der Waals surface area (Å²) in [7, 11) is 0. The van der Waals surface area contributed by atoms with Crippen molar-refractivity contribution in [3.05, 3.63) is 0 Å². The van der Waals surface area contributed by atoms with Crippen LogP contribution in [0.15, 0.2) is 4.99 Å². The van der Waals surface area contributed by atoms with Crippen molar-refractivity contribution < 1.29 is 33.4 Å². The lowest BCUT2D eigenvalue weighted by Crippen LogP contribution is -2.56. The molecule has 11 nitrogen and oxygen atoms in total. The Hall–Kier alpha value is -2.81. The first-order valence-electron chi connectivity index (χ1n) is 7.81. The van der Waals surface area contributed by atoms with Crippen LogP contribution in [0, 0.1) is 0 Å². The molecule has 0 heterocycles. The minimum absolute atomic E-state index is 0.00366. The molecule has 0 radical (unpaired) electrons. The van der Waals surface area contributed by atoms with Crippen molar-refractivity contribution >= 4 is 24.4 Å². The van der Waals surface area contributed by atoms with Crippen LogP contribution in [0.2, 0.25) is 0 Å². The van der Waals surface area contributed by atoms with Crippen LogP contribution < -0.4 is 10.9 Å². The molecule has 0 saturated heterocycles. The maximum Gasteiger partial charge on any atom is 0.448 e. The van der Waals surface area contributed by atoms with Crippen LogP contribution >= 0.6 is 0 Å². The second-order valence-corrected chi connectivity index (χ2v) is 4.94. The van der Waals surface area contributed by atoms with Gasteiger partial charge in [-0.1, -0.05) is 6.92 Å². The minimum atomic E-state index is -1.03. The monoisotopic (exact) mass is 360 g/mol. The standard InChI is InChI=1S/C14H24N4O7/c1-4-8-23-12(20)16-18(17-13(21)25-11(2)3)14(22)24-9-6-5-7-15-10-19/h11H,4-9H2,1-3H3,(H,16,20)(H,17,21). The number of ether oxygens (including phenoxy) is 3. The highest BCUT2D eigenvalue weighted by Gasteiger charge is 2.22. The summed E-state index contributed by atoms with van der Waals surface area (Å²) in [6.45, 7) is 5.44. The van der Waals surface area contributed by atoms with E-state index in [2.05, 4.69) is 4.99 Å². The summed E-state index contributed by atoms with van der Waals surface area (Å²) in [5, 5.41) is 0.437. The number of carbonyl (C=O) groups excluding carboxylic acids is 4. The molecule has 0 atom stereocenters. The zero-order valence-corrected chi connectivity index (χ0v) is 14.6. The molecule has 0 aliphatic carbocycles. The van der Waals surface area contributed by atoms with Crippen molar-refractivity contribution in [2.24, 2.45) is 4.99 Å². The van der Waals surface area contributed by atoms with Gasteiger partial charge in [-0.3, -0.25) is 0 Å². The van der Waals surface area contributed by atoms with E-state index in [4.69, 9.17) is 14.2 Å². The Balaban J connectivity index is 4.52. The summed E-state index contributed by atoms with van der Waals surface area (Å²) < 4.78 is 14.5. The number of unbranched alkanes of at least 4 members (excludes halogenated alkanes) is 1. The summed E-state index contributed by atoms with van der Waals surface area (Å²) in [5.41, 5.74) is 4.07. The Morgan fingerprint density at radius 2 is 1.76 bits per heavy atom. The van der Waals surface area contributed by atoms with Crippen molar-refractivity contribution in [2.45, 2.75) is 46.1 Å². The van der Waals surface area contributed by atoms with Gasteiger partial charge in [0, 0.05) is 0 Å². The third kappa shape index (κ3) is 12.3. The van der Waals surface area contributed by atoms with Crippen LogP contribution in [0.5, 0.6) is 0 Å². The summed E-state index contributed by atoms with van der Waals surface area (Å²) in [6, 6.07) is 0. The van der Waals surface area contributed by atoms with Crippen LogP contribution in [0.3, 0.4) is 0 Å². The highest BCUT2D eigenvalue weighted by Crippen LogP contribution is 1.96. The Bertz CT molecular complexity index is 478. The van der Waals surface area contributed by atoms with E-state index in [1.165, 1.54) is 6.08 Å². The third-order valence-electron chi connectivity index (χ3n) is 2.32. The molecule has 0 rings (SSSR count). The molecule has 0 saturated carbocycles. The predicted molar refractivity (Wildman–Crippen MR) is 84.9 cm³/mol. The number of hydrazine groups is 2. The van der Waals surface area contributed by atoms with Crippen molar-refractivity contribution in [1.29, 1.82) is 0 Å². The zero-order valence-electron chi connectivity index (χ0n) is 14.6. The first-order chi connectivity index (χ1) is 11.9. The van der Waals surface area contributed by atoms with Crippen molar-refractivity contribution in [1.82, 2.24) is 16.0 Å². The topological polar surface area (TPSA) is 136 Å². The molecule has 25 heavy (non-hydrogen) atoms. The van der Waals surface area contributed by atoms with Gasteiger partial charge < -0.3 is 14.2 Å². The molecule has 3 amide bonds. The number of hydrogen-bond acceptors (Lipinski definition) is 8. The fourth-order valence-electron chi connectivity index (χ4n) is 1.33. The lowest BCUT2D eigenvalue weighted by atomic mass is 10.3. The van der Waals surface area contributed by atoms with Crippen LogP contribution in [-0.2, 0) is 19.0 Å². The lowest BCUT2D eigenvalue weighted by molar-refractivity contribution is 0.0355. The third-order valence-corrected chi connectivity index (χ3v) is 2.32. The number of nitrogens with one attached hydrogen (secondary N) is 2. The molecule has 0 aliphatic rings.